The number of aromatic nitrogens is 2. The van der Waals surface area contributed by atoms with Crippen LogP contribution in [0.4, 0.5) is 0 Å². The number of aryl methyl sites for hydroxylation is 2. The zero-order valence-corrected chi connectivity index (χ0v) is 10.9. The first-order chi connectivity index (χ1) is 8.78. The molecule has 1 N–H and O–H groups in total. The summed E-state index contributed by atoms with van der Waals surface area (Å²) in [5.41, 5.74) is 1.23. The molecule has 1 aromatic carbocycles. The van der Waals surface area contributed by atoms with Crippen LogP contribution in [-0.2, 0) is 6.54 Å². The van der Waals surface area contributed by atoms with Crippen molar-refractivity contribution in [3.05, 3.63) is 42.2 Å². The minimum absolute atomic E-state index is 0.781. The van der Waals surface area contributed by atoms with Crippen molar-refractivity contribution in [3.8, 4) is 11.5 Å². The number of rotatable bonds is 6. The Kier molecular flexibility index (Phi) is 4.36. The van der Waals surface area contributed by atoms with E-state index in [1.54, 1.807) is 6.20 Å². The summed E-state index contributed by atoms with van der Waals surface area (Å²) in [6.45, 7) is 3.95. The zero-order valence-electron chi connectivity index (χ0n) is 10.9. The summed E-state index contributed by atoms with van der Waals surface area (Å²) in [6, 6.07) is 8.00. The Bertz CT molecular complexity index is 476. The molecule has 0 fully saturated rings. The second-order valence-electron chi connectivity index (χ2n) is 4.31. The predicted octanol–water partition coefficient (Wildman–Crippen LogP) is 2.59. The smallest absolute Gasteiger partial charge is 0.165 e. The fourth-order valence-corrected chi connectivity index (χ4v) is 1.68. The number of nitrogens with zero attached hydrogens (tertiary/aromatic N) is 2. The SMILES string of the molecule is CNCCCn1cc(Oc2ccc(C)cc2)cn1. The number of hydrogen-bond acceptors (Lipinski definition) is 3. The van der Waals surface area contributed by atoms with E-state index < -0.39 is 0 Å². The predicted molar refractivity (Wildman–Crippen MR) is 72.0 cm³/mol. The fourth-order valence-electron chi connectivity index (χ4n) is 1.68. The Morgan fingerprint density at radius 3 is 2.72 bits per heavy atom. The van der Waals surface area contributed by atoms with Crippen molar-refractivity contribution < 1.29 is 4.74 Å². The molecule has 0 saturated carbocycles. The first-order valence-electron chi connectivity index (χ1n) is 6.19. The number of benzene rings is 1. The normalized spacial score (nSPS) is 10.6. The van der Waals surface area contributed by atoms with Gasteiger partial charge in [0.25, 0.3) is 0 Å². The third-order valence-electron chi connectivity index (χ3n) is 2.68. The van der Waals surface area contributed by atoms with E-state index in [1.165, 1.54) is 5.56 Å². The zero-order chi connectivity index (χ0) is 12.8. The monoisotopic (exact) mass is 245 g/mol. The molecule has 96 valence electrons. The van der Waals surface area contributed by atoms with Crippen LogP contribution in [0.5, 0.6) is 11.5 Å². The summed E-state index contributed by atoms with van der Waals surface area (Å²) in [6.07, 6.45) is 4.73. The highest BCUT2D eigenvalue weighted by atomic mass is 16.5. The van der Waals surface area contributed by atoms with Gasteiger partial charge < -0.3 is 10.1 Å². The van der Waals surface area contributed by atoms with Crippen LogP contribution in [0.2, 0.25) is 0 Å². The van der Waals surface area contributed by atoms with E-state index in [-0.39, 0.29) is 0 Å². The third kappa shape index (κ3) is 3.60. The lowest BCUT2D eigenvalue weighted by Gasteiger charge is -2.03. The first-order valence-corrected chi connectivity index (χ1v) is 6.19. The molecule has 2 rings (SSSR count). The molecule has 0 atom stereocenters. The highest BCUT2D eigenvalue weighted by molar-refractivity contribution is 5.30. The summed E-state index contributed by atoms with van der Waals surface area (Å²) in [4.78, 5) is 0. The molecule has 0 aliphatic carbocycles. The van der Waals surface area contributed by atoms with Gasteiger partial charge in [0, 0.05) is 6.54 Å². The van der Waals surface area contributed by atoms with Crippen molar-refractivity contribution >= 4 is 0 Å². The number of hydrogen-bond donors (Lipinski definition) is 1. The Morgan fingerprint density at radius 2 is 2.00 bits per heavy atom. The summed E-state index contributed by atoms with van der Waals surface area (Å²) >= 11 is 0. The standard InChI is InChI=1S/C14H19N3O/c1-12-4-6-13(7-5-12)18-14-10-16-17(11-14)9-3-8-15-2/h4-7,10-11,15H,3,8-9H2,1-2H3. The molecule has 0 spiro atoms. The second-order valence-corrected chi connectivity index (χ2v) is 4.31. The van der Waals surface area contributed by atoms with E-state index in [9.17, 15) is 0 Å². The Morgan fingerprint density at radius 1 is 1.22 bits per heavy atom. The molecule has 0 aliphatic heterocycles. The summed E-state index contributed by atoms with van der Waals surface area (Å²) in [5.74, 6) is 1.62. The maximum Gasteiger partial charge on any atom is 0.165 e. The molecular formula is C14H19N3O. The average molecular weight is 245 g/mol. The summed E-state index contributed by atoms with van der Waals surface area (Å²) in [5, 5.41) is 7.38. The summed E-state index contributed by atoms with van der Waals surface area (Å²) in [7, 11) is 1.95. The van der Waals surface area contributed by atoms with Gasteiger partial charge in [-0.2, -0.15) is 5.10 Å². The fraction of sp³-hybridized carbons (Fsp3) is 0.357. The highest BCUT2D eigenvalue weighted by Gasteiger charge is 2.01. The van der Waals surface area contributed by atoms with E-state index in [0.29, 0.717) is 0 Å². The van der Waals surface area contributed by atoms with Gasteiger partial charge in [0.15, 0.2) is 5.75 Å². The molecule has 2 aromatic rings. The Hall–Kier alpha value is -1.81. The van der Waals surface area contributed by atoms with Crippen LogP contribution >= 0.6 is 0 Å². The lowest BCUT2D eigenvalue weighted by molar-refractivity contribution is 0.480. The van der Waals surface area contributed by atoms with Crippen molar-refractivity contribution in [2.45, 2.75) is 19.9 Å². The van der Waals surface area contributed by atoms with Crippen LogP contribution < -0.4 is 10.1 Å². The lowest BCUT2D eigenvalue weighted by atomic mass is 10.2. The van der Waals surface area contributed by atoms with Gasteiger partial charge in [-0.1, -0.05) is 17.7 Å². The van der Waals surface area contributed by atoms with Crippen LogP contribution in [0.3, 0.4) is 0 Å². The molecular weight excluding hydrogens is 226 g/mol. The van der Waals surface area contributed by atoms with Gasteiger partial charge in [-0.3, -0.25) is 4.68 Å². The van der Waals surface area contributed by atoms with Crippen molar-refractivity contribution in [2.24, 2.45) is 0 Å². The van der Waals surface area contributed by atoms with E-state index in [1.807, 2.05) is 42.2 Å². The molecule has 4 nitrogen and oxygen atoms in total. The van der Waals surface area contributed by atoms with Crippen molar-refractivity contribution in [1.82, 2.24) is 15.1 Å². The molecule has 0 amide bonds. The molecule has 1 heterocycles. The molecule has 0 saturated heterocycles. The van der Waals surface area contributed by atoms with Gasteiger partial charge in [-0.15, -0.1) is 0 Å². The van der Waals surface area contributed by atoms with Crippen LogP contribution in [-0.4, -0.2) is 23.4 Å². The largest absolute Gasteiger partial charge is 0.454 e. The van der Waals surface area contributed by atoms with Crippen LogP contribution in [0.15, 0.2) is 36.7 Å². The summed E-state index contributed by atoms with van der Waals surface area (Å²) < 4.78 is 7.62. The topological polar surface area (TPSA) is 39.1 Å². The van der Waals surface area contributed by atoms with Crippen molar-refractivity contribution in [1.29, 1.82) is 0 Å². The Labute approximate surface area is 108 Å². The molecule has 4 heteroatoms. The molecule has 0 radical (unpaired) electrons. The molecule has 18 heavy (non-hydrogen) atoms. The number of nitrogens with one attached hydrogen (secondary N) is 1. The van der Waals surface area contributed by atoms with Gasteiger partial charge in [0.1, 0.15) is 5.75 Å². The Balaban J connectivity index is 1.91. The molecule has 1 aromatic heterocycles. The van der Waals surface area contributed by atoms with Gasteiger partial charge in [-0.25, -0.2) is 0 Å². The van der Waals surface area contributed by atoms with Gasteiger partial charge in [0.2, 0.25) is 0 Å². The van der Waals surface area contributed by atoms with Gasteiger partial charge in [-0.05, 0) is 39.1 Å². The van der Waals surface area contributed by atoms with Crippen LogP contribution in [0, 0.1) is 6.92 Å². The average Bonchev–Trinajstić information content (AvgIpc) is 2.80. The van der Waals surface area contributed by atoms with Gasteiger partial charge >= 0.3 is 0 Å². The molecule has 0 bridgehead atoms. The second kappa shape index (κ2) is 6.21. The van der Waals surface area contributed by atoms with Crippen molar-refractivity contribution in [3.63, 3.8) is 0 Å². The number of ether oxygens (including phenoxy) is 1. The quantitative estimate of drug-likeness (QED) is 0.795. The van der Waals surface area contributed by atoms with Crippen LogP contribution in [0.1, 0.15) is 12.0 Å². The third-order valence-corrected chi connectivity index (χ3v) is 2.68. The first kappa shape index (κ1) is 12.6. The maximum atomic E-state index is 5.72. The molecule has 0 unspecified atom stereocenters. The van der Waals surface area contributed by atoms with Crippen molar-refractivity contribution in [2.75, 3.05) is 13.6 Å². The maximum absolute atomic E-state index is 5.72. The van der Waals surface area contributed by atoms with E-state index in [2.05, 4.69) is 17.3 Å². The van der Waals surface area contributed by atoms with E-state index in [0.717, 1.165) is 31.0 Å². The highest BCUT2D eigenvalue weighted by Crippen LogP contribution is 2.20. The lowest BCUT2D eigenvalue weighted by Crippen LogP contribution is -2.11. The van der Waals surface area contributed by atoms with E-state index in [4.69, 9.17) is 4.74 Å². The minimum atomic E-state index is 0.781. The molecule has 0 aliphatic rings. The van der Waals surface area contributed by atoms with Crippen LogP contribution in [0.25, 0.3) is 0 Å². The minimum Gasteiger partial charge on any atom is -0.454 e. The van der Waals surface area contributed by atoms with E-state index >= 15 is 0 Å². The van der Waals surface area contributed by atoms with Gasteiger partial charge in [0.05, 0.1) is 12.4 Å².